The number of carboxylic acid groups (broad SMARTS) is 1. The first-order valence-corrected chi connectivity index (χ1v) is 19.5. The Morgan fingerprint density at radius 1 is 0.796 bits per heavy atom. The molecule has 1 heterocycles. The summed E-state index contributed by atoms with van der Waals surface area (Å²) in [4.78, 5) is 39.2. The number of carbonyl (C=O) groups is 3. The highest BCUT2D eigenvalue weighted by atomic mass is 32.2. The van der Waals surface area contributed by atoms with Crippen molar-refractivity contribution in [2.24, 2.45) is 0 Å². The molecule has 1 aromatic heterocycles. The number of carbonyl (C=O) groups excluding carboxylic acids is 2. The molecule has 4 aromatic rings. The Morgan fingerprint density at radius 3 is 2.04 bits per heavy atom. The van der Waals surface area contributed by atoms with E-state index in [0.29, 0.717) is 35.5 Å². The highest BCUT2D eigenvalue weighted by Gasteiger charge is 2.33. The third-order valence-corrected chi connectivity index (χ3v) is 12.3. The summed E-state index contributed by atoms with van der Waals surface area (Å²) in [7, 11) is -3.19. The Bertz CT molecular complexity index is 2070. The third kappa shape index (κ3) is 9.58. The van der Waals surface area contributed by atoms with E-state index in [4.69, 9.17) is 10.2 Å². The smallest absolute Gasteiger partial charge is 0.335 e. The Labute approximate surface area is 316 Å². The molecule has 2 amide bonds. The van der Waals surface area contributed by atoms with Crippen LogP contribution in [0.2, 0.25) is 0 Å². The number of carboxylic acids is 1. The number of hydrogen-bond acceptors (Lipinski definition) is 11. The summed E-state index contributed by atoms with van der Waals surface area (Å²) in [6, 6.07) is 19.3. The number of benzene rings is 3. The summed E-state index contributed by atoms with van der Waals surface area (Å²) in [5, 5.41) is 64.1. The summed E-state index contributed by atoms with van der Waals surface area (Å²) in [6.07, 6.45) is -2.83. The van der Waals surface area contributed by atoms with Gasteiger partial charge in [-0.1, -0.05) is 30.3 Å². The molecule has 0 fully saturated rings. The van der Waals surface area contributed by atoms with Crippen LogP contribution >= 0.6 is 11.3 Å². The van der Waals surface area contributed by atoms with Crippen LogP contribution in [0.5, 0.6) is 0 Å². The standard InChI is InChI=1S/C38H43N3O11S2/c1-41(20-29(43)33(45)34(46)30(44)21-42)54(51,52)27-6-4-5-25(19-27)35(47)40-37-32(28-7-2-3-8-31(28)53-37)36(48)39-26-17-13-23(14-18-26)10-9-22-11-15-24(16-12-22)38(49)50/h4-6,11-19,29-30,33-34,42-46H,2-3,7-10,20-21H2,1H3,(H,39,48)(H,40,47)(H,49,50)/t29-,30+,33+,34+/m0/s1. The quantitative estimate of drug-likeness (QED) is 0.0823. The monoisotopic (exact) mass is 781 g/mol. The van der Waals surface area contributed by atoms with E-state index in [1.54, 1.807) is 36.4 Å². The van der Waals surface area contributed by atoms with Crippen molar-refractivity contribution in [1.29, 1.82) is 0 Å². The van der Waals surface area contributed by atoms with Crippen LogP contribution in [-0.2, 0) is 35.7 Å². The molecule has 0 saturated heterocycles. The van der Waals surface area contributed by atoms with E-state index in [9.17, 15) is 43.2 Å². The summed E-state index contributed by atoms with van der Waals surface area (Å²) in [6.45, 7) is -1.57. The van der Waals surface area contributed by atoms with Gasteiger partial charge in [0.25, 0.3) is 11.8 Å². The molecule has 0 radical (unpaired) electrons. The van der Waals surface area contributed by atoms with E-state index in [1.807, 2.05) is 12.1 Å². The number of likely N-dealkylation sites (N-methyl/N-ethyl adjacent to an activating group) is 1. The number of fused-ring (bicyclic) bond motifs is 1. The van der Waals surface area contributed by atoms with E-state index in [-0.39, 0.29) is 16.0 Å². The summed E-state index contributed by atoms with van der Waals surface area (Å²) in [5.41, 5.74) is 4.00. The maximum absolute atomic E-state index is 13.8. The summed E-state index contributed by atoms with van der Waals surface area (Å²) < 4.78 is 27.5. The minimum Gasteiger partial charge on any atom is -0.478 e. The van der Waals surface area contributed by atoms with Crippen molar-refractivity contribution in [2.45, 2.75) is 67.8 Å². The number of sulfonamides is 1. The number of anilines is 2. The van der Waals surface area contributed by atoms with E-state index in [0.717, 1.165) is 58.2 Å². The van der Waals surface area contributed by atoms with Crippen LogP contribution in [0.1, 0.15) is 65.5 Å². The first-order chi connectivity index (χ1) is 25.7. The van der Waals surface area contributed by atoms with Crippen molar-refractivity contribution in [1.82, 2.24) is 4.31 Å². The van der Waals surface area contributed by atoms with Gasteiger partial charge in [-0.2, -0.15) is 4.31 Å². The second-order valence-corrected chi connectivity index (χ2v) is 16.3. The molecule has 0 aliphatic heterocycles. The number of aryl methyl sites for hydroxylation is 3. The normalized spacial score (nSPS) is 15.2. The zero-order valence-corrected chi connectivity index (χ0v) is 31.0. The number of aromatic carboxylic acids is 1. The zero-order chi connectivity index (χ0) is 39.2. The number of nitrogens with zero attached hydrogens (tertiary/aromatic N) is 1. The zero-order valence-electron chi connectivity index (χ0n) is 29.4. The van der Waals surface area contributed by atoms with Gasteiger partial charge < -0.3 is 41.3 Å². The number of aliphatic hydroxyl groups excluding tert-OH is 5. The number of amides is 2. The molecule has 14 nitrogen and oxygen atoms in total. The molecule has 16 heteroatoms. The van der Waals surface area contributed by atoms with Crippen molar-refractivity contribution in [3.05, 3.63) is 111 Å². The second-order valence-electron chi connectivity index (χ2n) is 13.1. The van der Waals surface area contributed by atoms with E-state index in [1.165, 1.54) is 29.5 Å². The molecule has 54 heavy (non-hydrogen) atoms. The van der Waals surface area contributed by atoms with Crippen LogP contribution < -0.4 is 10.6 Å². The molecule has 1 aliphatic carbocycles. The highest BCUT2D eigenvalue weighted by molar-refractivity contribution is 7.89. The minimum atomic E-state index is -4.32. The Hall–Kier alpha value is -4.52. The van der Waals surface area contributed by atoms with Crippen molar-refractivity contribution in [2.75, 3.05) is 30.8 Å². The average Bonchev–Trinajstić information content (AvgIpc) is 3.54. The average molecular weight is 782 g/mol. The maximum Gasteiger partial charge on any atom is 0.335 e. The van der Waals surface area contributed by atoms with Crippen molar-refractivity contribution in [3.63, 3.8) is 0 Å². The van der Waals surface area contributed by atoms with E-state index < -0.39 is 65.4 Å². The third-order valence-electron chi connectivity index (χ3n) is 9.31. The van der Waals surface area contributed by atoms with Crippen LogP contribution in [0.15, 0.2) is 77.7 Å². The highest BCUT2D eigenvalue weighted by Crippen LogP contribution is 2.39. The molecule has 0 spiro atoms. The molecule has 0 saturated carbocycles. The predicted octanol–water partition coefficient (Wildman–Crippen LogP) is 2.67. The van der Waals surface area contributed by atoms with E-state index in [2.05, 4.69) is 10.6 Å². The number of hydrogen-bond donors (Lipinski definition) is 8. The van der Waals surface area contributed by atoms with Crippen molar-refractivity contribution >= 4 is 49.8 Å². The van der Waals surface area contributed by atoms with Gasteiger partial charge in [0, 0.05) is 29.7 Å². The van der Waals surface area contributed by atoms with Crippen LogP contribution in [0.25, 0.3) is 0 Å². The second kappa shape index (κ2) is 17.7. The molecule has 3 aromatic carbocycles. The lowest BCUT2D eigenvalue weighted by molar-refractivity contribution is -0.116. The Morgan fingerprint density at radius 2 is 1.41 bits per heavy atom. The lowest BCUT2D eigenvalue weighted by Crippen LogP contribution is -2.49. The lowest BCUT2D eigenvalue weighted by Gasteiger charge is -2.28. The first kappa shape index (κ1) is 40.7. The van der Waals surface area contributed by atoms with Gasteiger partial charge >= 0.3 is 5.97 Å². The van der Waals surface area contributed by atoms with E-state index >= 15 is 0 Å². The van der Waals surface area contributed by atoms with Gasteiger partial charge in [0.15, 0.2) is 0 Å². The lowest BCUT2D eigenvalue weighted by atomic mass is 9.95. The molecule has 288 valence electrons. The molecule has 5 rings (SSSR count). The predicted molar refractivity (Wildman–Crippen MR) is 201 cm³/mol. The molecule has 4 atom stereocenters. The number of rotatable bonds is 16. The summed E-state index contributed by atoms with van der Waals surface area (Å²) in [5.74, 6) is -2.03. The van der Waals surface area contributed by atoms with Gasteiger partial charge in [0.05, 0.1) is 28.7 Å². The van der Waals surface area contributed by atoms with Crippen molar-refractivity contribution in [3.8, 4) is 0 Å². The fourth-order valence-electron chi connectivity index (χ4n) is 6.13. The number of aliphatic hydroxyl groups is 5. The van der Waals surface area contributed by atoms with Crippen LogP contribution in [0.3, 0.4) is 0 Å². The van der Waals surface area contributed by atoms with Gasteiger partial charge in [-0.15, -0.1) is 11.3 Å². The topological polar surface area (TPSA) is 234 Å². The van der Waals surface area contributed by atoms with Gasteiger partial charge in [-0.05, 0) is 97.7 Å². The molecule has 0 unspecified atom stereocenters. The fraction of sp³-hybridized carbons (Fsp3) is 0.342. The number of thiophene rings is 1. The van der Waals surface area contributed by atoms with Gasteiger partial charge in [0.1, 0.15) is 23.3 Å². The van der Waals surface area contributed by atoms with Crippen LogP contribution in [0.4, 0.5) is 10.7 Å². The Balaban J connectivity index is 1.27. The molecule has 8 N–H and O–H groups in total. The Kier molecular flexibility index (Phi) is 13.4. The first-order valence-electron chi connectivity index (χ1n) is 17.3. The van der Waals surface area contributed by atoms with Gasteiger partial charge in [0.2, 0.25) is 10.0 Å². The largest absolute Gasteiger partial charge is 0.478 e. The van der Waals surface area contributed by atoms with Crippen molar-refractivity contribution < 1.29 is 53.4 Å². The molecule has 0 bridgehead atoms. The minimum absolute atomic E-state index is 0.0160. The van der Waals surface area contributed by atoms with Gasteiger partial charge in [-0.25, -0.2) is 13.2 Å². The molecule has 1 aliphatic rings. The SMILES string of the molecule is CN(C[C@H](O)[C@@H](O)[C@H](O)[C@H](O)CO)S(=O)(=O)c1cccc(C(=O)Nc2sc3c(c2C(=O)Nc2ccc(CCc4ccc(C(=O)O)cc4)cc2)CCCC3)c1. The maximum atomic E-state index is 13.8. The van der Waals surface area contributed by atoms with Crippen LogP contribution in [-0.4, -0.2) is 106 Å². The molecular formula is C38H43N3O11S2. The van der Waals surface area contributed by atoms with Crippen LogP contribution in [0, 0.1) is 0 Å². The molecular weight excluding hydrogens is 739 g/mol. The fourth-order valence-corrected chi connectivity index (χ4v) is 8.65. The number of nitrogens with one attached hydrogen (secondary N) is 2. The van der Waals surface area contributed by atoms with Gasteiger partial charge in [-0.3, -0.25) is 9.59 Å². The summed E-state index contributed by atoms with van der Waals surface area (Å²) >= 11 is 1.31.